The number of amides is 1. The number of aromatic nitrogens is 3. The molecule has 118 valence electrons. The lowest BCUT2D eigenvalue weighted by atomic mass is 10.2. The SMILES string of the molecule is CCc1nc2c(C)cc(Br)cn2c1C(=O)NCc1ccncc1. The van der Waals surface area contributed by atoms with E-state index in [1.54, 1.807) is 12.4 Å². The highest BCUT2D eigenvalue weighted by Crippen LogP contribution is 2.21. The van der Waals surface area contributed by atoms with Crippen LogP contribution in [-0.4, -0.2) is 20.3 Å². The standard InChI is InChI=1S/C17H17BrN4O/c1-3-14-15(17(23)20-9-12-4-6-19-7-5-12)22-10-13(18)8-11(2)16(22)21-14/h4-8,10H,3,9H2,1-2H3,(H,20,23). The summed E-state index contributed by atoms with van der Waals surface area (Å²) in [6.45, 7) is 4.46. The van der Waals surface area contributed by atoms with Crippen molar-refractivity contribution in [1.29, 1.82) is 0 Å². The summed E-state index contributed by atoms with van der Waals surface area (Å²) in [6.07, 6.45) is 6.02. The van der Waals surface area contributed by atoms with E-state index >= 15 is 0 Å². The number of hydrogen-bond donors (Lipinski definition) is 1. The summed E-state index contributed by atoms with van der Waals surface area (Å²) in [6, 6.07) is 5.77. The number of imidazole rings is 1. The van der Waals surface area contributed by atoms with Gasteiger partial charge in [-0.1, -0.05) is 6.92 Å². The maximum Gasteiger partial charge on any atom is 0.270 e. The van der Waals surface area contributed by atoms with Gasteiger partial charge in [-0.2, -0.15) is 0 Å². The lowest BCUT2D eigenvalue weighted by Crippen LogP contribution is -2.25. The predicted molar refractivity (Wildman–Crippen MR) is 92.4 cm³/mol. The summed E-state index contributed by atoms with van der Waals surface area (Å²) in [5.41, 5.74) is 4.26. The average Bonchev–Trinajstić information content (AvgIpc) is 2.92. The number of carbonyl (C=O) groups is 1. The Morgan fingerprint density at radius 3 is 2.78 bits per heavy atom. The molecule has 6 heteroatoms. The van der Waals surface area contributed by atoms with Gasteiger partial charge in [0, 0.05) is 29.6 Å². The first-order chi connectivity index (χ1) is 11.1. The first-order valence-corrected chi connectivity index (χ1v) is 8.23. The Kier molecular flexibility index (Phi) is 4.43. The fourth-order valence-corrected chi connectivity index (χ4v) is 3.12. The average molecular weight is 373 g/mol. The number of hydrogen-bond acceptors (Lipinski definition) is 3. The van der Waals surface area contributed by atoms with Crippen molar-refractivity contribution in [3.8, 4) is 0 Å². The van der Waals surface area contributed by atoms with Gasteiger partial charge >= 0.3 is 0 Å². The Bertz CT molecular complexity index is 858. The van der Waals surface area contributed by atoms with Crippen LogP contribution in [0.15, 0.2) is 41.3 Å². The third kappa shape index (κ3) is 3.12. The number of nitrogens with zero attached hydrogens (tertiary/aromatic N) is 3. The molecule has 3 aromatic heterocycles. The Labute approximate surface area is 142 Å². The molecule has 0 bridgehead atoms. The zero-order chi connectivity index (χ0) is 16.4. The minimum Gasteiger partial charge on any atom is -0.347 e. The van der Waals surface area contributed by atoms with Gasteiger partial charge in [-0.25, -0.2) is 4.98 Å². The predicted octanol–water partition coefficient (Wildman–Crippen LogP) is 3.29. The second kappa shape index (κ2) is 6.50. The van der Waals surface area contributed by atoms with Gasteiger partial charge in [0.05, 0.1) is 5.69 Å². The number of pyridine rings is 2. The number of halogens is 1. The molecule has 0 aromatic carbocycles. The van der Waals surface area contributed by atoms with Crippen molar-refractivity contribution < 1.29 is 4.79 Å². The molecule has 0 radical (unpaired) electrons. The van der Waals surface area contributed by atoms with Crippen molar-refractivity contribution in [3.63, 3.8) is 0 Å². The minimum absolute atomic E-state index is 0.122. The van der Waals surface area contributed by atoms with Crippen LogP contribution < -0.4 is 5.32 Å². The molecular weight excluding hydrogens is 356 g/mol. The molecule has 1 amide bonds. The second-order valence-electron chi connectivity index (χ2n) is 5.33. The molecule has 3 aromatic rings. The molecule has 0 aliphatic carbocycles. The number of nitrogens with one attached hydrogen (secondary N) is 1. The summed E-state index contributed by atoms with van der Waals surface area (Å²) < 4.78 is 2.78. The van der Waals surface area contributed by atoms with Gasteiger partial charge in [0.15, 0.2) is 0 Å². The van der Waals surface area contributed by atoms with Crippen molar-refractivity contribution in [2.75, 3.05) is 0 Å². The molecule has 0 saturated carbocycles. The Morgan fingerprint density at radius 2 is 2.09 bits per heavy atom. The van der Waals surface area contributed by atoms with Gasteiger partial charge in [-0.05, 0) is 58.6 Å². The molecule has 1 N–H and O–H groups in total. The molecule has 0 aliphatic heterocycles. The van der Waals surface area contributed by atoms with E-state index < -0.39 is 0 Å². The summed E-state index contributed by atoms with van der Waals surface area (Å²) in [5, 5.41) is 2.96. The van der Waals surface area contributed by atoms with Gasteiger partial charge < -0.3 is 5.32 Å². The quantitative estimate of drug-likeness (QED) is 0.764. The first kappa shape index (κ1) is 15.7. The summed E-state index contributed by atoms with van der Waals surface area (Å²) in [4.78, 5) is 21.3. The molecule has 23 heavy (non-hydrogen) atoms. The number of rotatable bonds is 4. The zero-order valence-corrected chi connectivity index (χ0v) is 14.6. The maximum atomic E-state index is 12.7. The van der Waals surface area contributed by atoms with Gasteiger partial charge in [-0.3, -0.25) is 14.2 Å². The Hall–Kier alpha value is -2.21. The fourth-order valence-electron chi connectivity index (χ4n) is 2.57. The van der Waals surface area contributed by atoms with Crippen LogP contribution >= 0.6 is 15.9 Å². The highest BCUT2D eigenvalue weighted by molar-refractivity contribution is 9.10. The largest absolute Gasteiger partial charge is 0.347 e. The number of carbonyl (C=O) groups excluding carboxylic acids is 1. The monoisotopic (exact) mass is 372 g/mol. The second-order valence-corrected chi connectivity index (χ2v) is 6.25. The van der Waals surface area contributed by atoms with Crippen LogP contribution in [-0.2, 0) is 13.0 Å². The van der Waals surface area contributed by atoms with Gasteiger partial charge in [0.1, 0.15) is 11.3 Å². The van der Waals surface area contributed by atoms with E-state index in [1.165, 1.54) is 0 Å². The Morgan fingerprint density at radius 1 is 1.35 bits per heavy atom. The normalized spacial score (nSPS) is 10.9. The van der Waals surface area contributed by atoms with Crippen LogP contribution in [0.1, 0.15) is 34.2 Å². The summed E-state index contributed by atoms with van der Waals surface area (Å²) in [5.74, 6) is -0.122. The minimum atomic E-state index is -0.122. The zero-order valence-electron chi connectivity index (χ0n) is 13.0. The molecule has 0 aliphatic rings. The molecule has 3 rings (SSSR count). The van der Waals surface area contributed by atoms with Crippen molar-refractivity contribution >= 4 is 27.5 Å². The maximum absolute atomic E-state index is 12.7. The van der Waals surface area contributed by atoms with E-state index in [0.717, 1.165) is 26.9 Å². The summed E-state index contributed by atoms with van der Waals surface area (Å²) in [7, 11) is 0. The molecule has 3 heterocycles. The molecule has 0 fully saturated rings. The lowest BCUT2D eigenvalue weighted by Gasteiger charge is -2.07. The van der Waals surface area contributed by atoms with Crippen molar-refractivity contribution in [2.45, 2.75) is 26.8 Å². The Balaban J connectivity index is 1.96. The van der Waals surface area contributed by atoms with E-state index in [0.29, 0.717) is 18.7 Å². The molecule has 0 atom stereocenters. The van der Waals surface area contributed by atoms with Crippen LogP contribution in [0.25, 0.3) is 5.65 Å². The first-order valence-electron chi connectivity index (χ1n) is 7.44. The number of aryl methyl sites for hydroxylation is 2. The molecule has 5 nitrogen and oxygen atoms in total. The van der Waals surface area contributed by atoms with Crippen LogP contribution in [0, 0.1) is 6.92 Å². The van der Waals surface area contributed by atoms with Gasteiger partial charge in [0.25, 0.3) is 5.91 Å². The highest BCUT2D eigenvalue weighted by atomic mass is 79.9. The highest BCUT2D eigenvalue weighted by Gasteiger charge is 2.19. The molecular formula is C17H17BrN4O. The van der Waals surface area contributed by atoms with E-state index in [1.807, 2.05) is 42.6 Å². The van der Waals surface area contributed by atoms with Crippen LogP contribution in [0.2, 0.25) is 0 Å². The molecule has 0 unspecified atom stereocenters. The molecule has 0 spiro atoms. The van der Waals surface area contributed by atoms with E-state index in [2.05, 4.69) is 31.2 Å². The van der Waals surface area contributed by atoms with Crippen LogP contribution in [0.5, 0.6) is 0 Å². The van der Waals surface area contributed by atoms with Crippen molar-refractivity contribution in [3.05, 3.63) is 63.8 Å². The third-order valence-corrected chi connectivity index (χ3v) is 4.13. The van der Waals surface area contributed by atoms with Crippen LogP contribution in [0.4, 0.5) is 0 Å². The van der Waals surface area contributed by atoms with Crippen molar-refractivity contribution in [2.24, 2.45) is 0 Å². The number of fused-ring (bicyclic) bond motifs is 1. The summed E-state index contributed by atoms with van der Waals surface area (Å²) >= 11 is 3.49. The van der Waals surface area contributed by atoms with E-state index in [9.17, 15) is 4.79 Å². The third-order valence-electron chi connectivity index (χ3n) is 3.70. The smallest absolute Gasteiger partial charge is 0.270 e. The fraction of sp³-hybridized carbons (Fsp3) is 0.235. The lowest BCUT2D eigenvalue weighted by molar-refractivity contribution is 0.0944. The van der Waals surface area contributed by atoms with Crippen molar-refractivity contribution in [1.82, 2.24) is 19.7 Å². The molecule has 0 saturated heterocycles. The van der Waals surface area contributed by atoms with Gasteiger partial charge in [0.2, 0.25) is 0 Å². The van der Waals surface area contributed by atoms with Crippen LogP contribution in [0.3, 0.4) is 0 Å². The van der Waals surface area contributed by atoms with E-state index in [-0.39, 0.29) is 5.91 Å². The van der Waals surface area contributed by atoms with Gasteiger partial charge in [-0.15, -0.1) is 0 Å². The topological polar surface area (TPSA) is 59.3 Å². The van der Waals surface area contributed by atoms with E-state index in [4.69, 9.17) is 0 Å².